The van der Waals surface area contributed by atoms with Gasteiger partial charge in [0.15, 0.2) is 11.5 Å². The van der Waals surface area contributed by atoms with E-state index in [1.165, 1.54) is 0 Å². The van der Waals surface area contributed by atoms with Gasteiger partial charge in [-0.2, -0.15) is 4.72 Å². The highest BCUT2D eigenvalue weighted by molar-refractivity contribution is 7.89. The van der Waals surface area contributed by atoms with Crippen LogP contribution >= 0.6 is 0 Å². The number of sulfonamides is 1. The molecular weight excluding hydrogens is 376 g/mol. The Balaban J connectivity index is 2.52. The van der Waals surface area contributed by atoms with Gasteiger partial charge in [-0.05, 0) is 26.0 Å². The normalized spacial score (nSPS) is 11.1. The zero-order valence-corrected chi connectivity index (χ0v) is 14.7. The molecule has 12 heteroatoms. The number of imide groups is 1. The Morgan fingerprint density at radius 3 is 2.27 bits per heavy atom. The van der Waals surface area contributed by atoms with E-state index in [1.807, 2.05) is 5.32 Å². The van der Waals surface area contributed by atoms with E-state index in [-0.39, 0.29) is 6.04 Å². The van der Waals surface area contributed by atoms with Crippen LogP contribution in [0.3, 0.4) is 0 Å². The van der Waals surface area contributed by atoms with Gasteiger partial charge in [0, 0.05) is 6.04 Å². The Hall–Kier alpha value is -2.60. The highest BCUT2D eigenvalue weighted by atomic mass is 32.2. The van der Waals surface area contributed by atoms with Crippen LogP contribution in [0.15, 0.2) is 23.1 Å². The van der Waals surface area contributed by atoms with E-state index in [2.05, 4.69) is 10.1 Å². The summed E-state index contributed by atoms with van der Waals surface area (Å²) in [5.41, 5.74) is 0. The Labute approximate surface area is 148 Å². The summed E-state index contributed by atoms with van der Waals surface area (Å²) in [6.07, 6.45) is 0. The van der Waals surface area contributed by atoms with Crippen LogP contribution in [0, 0.1) is 11.6 Å². The monoisotopic (exact) mass is 393 g/mol. The maximum atomic E-state index is 13.5. The number of rotatable bonds is 7. The lowest BCUT2D eigenvalue weighted by Crippen LogP contribution is -2.44. The first-order chi connectivity index (χ1) is 12.0. The number of benzene rings is 1. The summed E-state index contributed by atoms with van der Waals surface area (Å²) in [4.78, 5) is 32.8. The van der Waals surface area contributed by atoms with E-state index < -0.39 is 57.6 Å². The summed E-state index contributed by atoms with van der Waals surface area (Å²) in [5.74, 6) is -4.80. The minimum absolute atomic E-state index is 0.224. The molecule has 0 fully saturated rings. The lowest BCUT2D eigenvalue weighted by Gasteiger charge is -2.10. The second-order valence-electron chi connectivity index (χ2n) is 5.21. The fourth-order valence-corrected chi connectivity index (χ4v) is 2.73. The van der Waals surface area contributed by atoms with Crippen molar-refractivity contribution in [1.29, 1.82) is 0 Å². The number of carbonyl (C=O) groups is 3. The van der Waals surface area contributed by atoms with Crippen LogP contribution in [0.25, 0.3) is 0 Å². The van der Waals surface area contributed by atoms with E-state index in [1.54, 1.807) is 18.6 Å². The molecule has 0 unspecified atom stereocenters. The summed E-state index contributed by atoms with van der Waals surface area (Å²) < 4.78 is 56.7. The summed E-state index contributed by atoms with van der Waals surface area (Å²) in [5, 5.41) is 4.24. The van der Waals surface area contributed by atoms with Crippen LogP contribution < -0.4 is 15.4 Å². The fourth-order valence-electron chi connectivity index (χ4n) is 1.62. The summed E-state index contributed by atoms with van der Waals surface area (Å²) in [7, 11) is -4.65. The molecule has 0 aliphatic rings. The number of nitrogens with one attached hydrogen (secondary N) is 3. The number of halogens is 2. The lowest BCUT2D eigenvalue weighted by atomic mass is 10.3. The van der Waals surface area contributed by atoms with Gasteiger partial charge in [0.05, 0.1) is 0 Å². The van der Waals surface area contributed by atoms with Crippen molar-refractivity contribution >= 4 is 27.9 Å². The molecule has 26 heavy (non-hydrogen) atoms. The third-order valence-electron chi connectivity index (χ3n) is 2.63. The molecule has 144 valence electrons. The van der Waals surface area contributed by atoms with Gasteiger partial charge in [-0.1, -0.05) is 6.07 Å². The first-order valence-corrected chi connectivity index (χ1v) is 8.71. The molecule has 3 N–H and O–H groups in total. The molecule has 3 amide bonds. The zero-order valence-electron chi connectivity index (χ0n) is 13.8. The Bertz CT molecular complexity index is 778. The van der Waals surface area contributed by atoms with Gasteiger partial charge in [-0.3, -0.25) is 14.9 Å². The van der Waals surface area contributed by atoms with Gasteiger partial charge in [0.25, 0.3) is 5.91 Å². The molecule has 0 heterocycles. The smallest absolute Gasteiger partial charge is 0.321 e. The van der Waals surface area contributed by atoms with Gasteiger partial charge >= 0.3 is 12.0 Å². The molecule has 0 spiro atoms. The minimum Gasteiger partial charge on any atom is -0.455 e. The third kappa shape index (κ3) is 6.72. The van der Waals surface area contributed by atoms with Crippen molar-refractivity contribution in [3.05, 3.63) is 29.8 Å². The van der Waals surface area contributed by atoms with Crippen molar-refractivity contribution < 1.29 is 36.3 Å². The average molecular weight is 393 g/mol. The molecule has 9 nitrogen and oxygen atoms in total. The van der Waals surface area contributed by atoms with Crippen LogP contribution in [0.5, 0.6) is 0 Å². The van der Waals surface area contributed by atoms with Crippen molar-refractivity contribution in [3.8, 4) is 0 Å². The number of amides is 3. The second kappa shape index (κ2) is 9.20. The third-order valence-corrected chi connectivity index (χ3v) is 4.08. The number of esters is 1. The molecule has 0 bridgehead atoms. The minimum atomic E-state index is -4.65. The fraction of sp³-hybridized carbons (Fsp3) is 0.357. The van der Waals surface area contributed by atoms with Crippen LogP contribution in [-0.4, -0.2) is 45.5 Å². The zero-order chi connectivity index (χ0) is 19.9. The molecule has 0 aliphatic heterocycles. The molecule has 1 aromatic carbocycles. The molecule has 1 rings (SSSR count). The number of hydrogen-bond donors (Lipinski definition) is 3. The SMILES string of the molecule is CC(C)NC(=O)NC(=O)COC(=O)CNS(=O)(=O)c1c(F)cccc1F. The predicted molar refractivity (Wildman–Crippen MR) is 84.3 cm³/mol. The summed E-state index contributed by atoms with van der Waals surface area (Å²) in [6, 6.07) is 1.44. The number of carbonyl (C=O) groups excluding carboxylic acids is 3. The van der Waals surface area contributed by atoms with E-state index in [4.69, 9.17) is 0 Å². The Morgan fingerprint density at radius 2 is 1.73 bits per heavy atom. The van der Waals surface area contributed by atoms with Gasteiger partial charge in [0.2, 0.25) is 10.0 Å². The molecule has 0 aliphatic carbocycles. The van der Waals surface area contributed by atoms with E-state index >= 15 is 0 Å². The Morgan fingerprint density at radius 1 is 1.15 bits per heavy atom. The molecule has 0 atom stereocenters. The first kappa shape index (κ1) is 21.4. The molecule has 1 aromatic rings. The van der Waals surface area contributed by atoms with E-state index in [9.17, 15) is 31.6 Å². The predicted octanol–water partition coefficient (Wildman–Crippen LogP) is 0.0205. The lowest BCUT2D eigenvalue weighted by molar-refractivity contribution is -0.147. The van der Waals surface area contributed by atoms with Crippen LogP contribution in [0.2, 0.25) is 0 Å². The van der Waals surface area contributed by atoms with Crippen LogP contribution in [0.1, 0.15) is 13.8 Å². The Kier molecular flexibility index (Phi) is 7.58. The maximum absolute atomic E-state index is 13.5. The van der Waals surface area contributed by atoms with Crippen LogP contribution in [0.4, 0.5) is 13.6 Å². The second-order valence-corrected chi connectivity index (χ2v) is 6.92. The first-order valence-electron chi connectivity index (χ1n) is 7.22. The molecular formula is C14H17F2N3O6S. The van der Waals surface area contributed by atoms with Gasteiger partial charge in [-0.15, -0.1) is 0 Å². The maximum Gasteiger partial charge on any atom is 0.321 e. The van der Waals surface area contributed by atoms with Crippen molar-refractivity contribution in [3.63, 3.8) is 0 Å². The standard InChI is InChI=1S/C14H17F2N3O6S/c1-8(2)18-14(22)19-11(20)7-25-12(21)6-17-26(23,24)13-9(15)4-3-5-10(13)16/h3-5,8,17H,6-7H2,1-2H3,(H2,18,19,20,22). The van der Waals surface area contributed by atoms with Gasteiger partial charge in [0.1, 0.15) is 18.2 Å². The van der Waals surface area contributed by atoms with Crippen molar-refractivity contribution in [2.75, 3.05) is 13.2 Å². The molecule has 0 saturated heterocycles. The van der Waals surface area contributed by atoms with Crippen molar-refractivity contribution in [1.82, 2.24) is 15.4 Å². The molecule has 0 radical (unpaired) electrons. The van der Waals surface area contributed by atoms with Crippen LogP contribution in [-0.2, 0) is 24.3 Å². The summed E-state index contributed by atoms with van der Waals surface area (Å²) in [6.45, 7) is 1.50. The van der Waals surface area contributed by atoms with Gasteiger partial charge < -0.3 is 10.1 Å². The average Bonchev–Trinajstić information content (AvgIpc) is 2.49. The van der Waals surface area contributed by atoms with E-state index in [0.717, 1.165) is 18.2 Å². The largest absolute Gasteiger partial charge is 0.455 e. The van der Waals surface area contributed by atoms with Crippen molar-refractivity contribution in [2.24, 2.45) is 0 Å². The highest BCUT2D eigenvalue weighted by Crippen LogP contribution is 2.17. The molecule has 0 aromatic heterocycles. The van der Waals surface area contributed by atoms with Crippen molar-refractivity contribution in [2.45, 2.75) is 24.8 Å². The number of ether oxygens (including phenoxy) is 1. The molecule has 0 saturated carbocycles. The number of urea groups is 1. The topological polar surface area (TPSA) is 131 Å². The van der Waals surface area contributed by atoms with Gasteiger partial charge in [-0.25, -0.2) is 22.0 Å². The quantitative estimate of drug-likeness (QED) is 0.560. The van der Waals surface area contributed by atoms with E-state index in [0.29, 0.717) is 0 Å². The number of hydrogen-bond acceptors (Lipinski definition) is 6. The summed E-state index contributed by atoms with van der Waals surface area (Å²) >= 11 is 0. The highest BCUT2D eigenvalue weighted by Gasteiger charge is 2.24.